The third kappa shape index (κ3) is 3.41. The molecule has 0 fully saturated rings. The van der Waals surface area contributed by atoms with Crippen molar-refractivity contribution in [2.24, 2.45) is 0 Å². The maximum Gasteiger partial charge on any atom is 0.406 e. The Balaban J connectivity index is 2.09. The van der Waals surface area contributed by atoms with Crippen molar-refractivity contribution in [3.63, 3.8) is 0 Å². The molecule has 1 unspecified atom stereocenters. The average Bonchev–Trinajstić information content (AvgIpc) is 3.08. The Bertz CT molecular complexity index is 1440. The molecule has 2 N–H and O–H groups in total. The van der Waals surface area contributed by atoms with Gasteiger partial charge in [-0.2, -0.15) is 9.57 Å². The fraction of sp³-hybridized carbons (Fsp3) is 0.130. The van der Waals surface area contributed by atoms with Crippen LogP contribution in [-0.2, 0) is 20.4 Å². The highest BCUT2D eigenvalue weighted by molar-refractivity contribution is 7.93. The van der Waals surface area contributed by atoms with Crippen LogP contribution in [0.15, 0.2) is 71.8 Å². The lowest BCUT2D eigenvalue weighted by molar-refractivity contribution is -0.121. The second kappa shape index (κ2) is 8.49. The molecule has 1 atom stereocenters. The first-order valence-electron chi connectivity index (χ1n) is 10.1. The molecular formula is C23H18N4O6S. The van der Waals surface area contributed by atoms with E-state index < -0.39 is 27.6 Å². The molecule has 2 heterocycles. The standard InChI is InChI=1S/C23H18N4O6S/c1-2-33-20-17(9-6-12-25-20)23(26-22(29)30)18-13-15(14-24)10-11-19(18)27(21(23)28)34(31,32)16-7-4-3-5-8-16/h3-13,26H,2H2,1H3,(H,29,30). The zero-order valence-corrected chi connectivity index (χ0v) is 18.6. The van der Waals surface area contributed by atoms with Gasteiger partial charge in [0, 0.05) is 11.8 Å². The lowest BCUT2D eigenvalue weighted by Gasteiger charge is -2.30. The molecule has 2 aromatic carbocycles. The van der Waals surface area contributed by atoms with E-state index in [1.165, 1.54) is 60.8 Å². The Hall–Kier alpha value is -4.43. The number of ether oxygens (including phenoxy) is 1. The molecule has 0 bridgehead atoms. The molecule has 3 aromatic rings. The number of nitrogens with zero attached hydrogens (tertiary/aromatic N) is 3. The van der Waals surface area contributed by atoms with Gasteiger partial charge in [-0.15, -0.1) is 0 Å². The Morgan fingerprint density at radius 1 is 1.18 bits per heavy atom. The van der Waals surface area contributed by atoms with Crippen LogP contribution in [0, 0.1) is 11.3 Å². The molecule has 10 nitrogen and oxygen atoms in total. The summed E-state index contributed by atoms with van der Waals surface area (Å²) in [5.41, 5.74) is -2.27. The maximum atomic E-state index is 14.1. The number of anilines is 1. The van der Waals surface area contributed by atoms with Crippen LogP contribution in [-0.4, -0.2) is 37.1 Å². The van der Waals surface area contributed by atoms with Crippen LogP contribution >= 0.6 is 0 Å². The summed E-state index contributed by atoms with van der Waals surface area (Å²) >= 11 is 0. The first-order chi connectivity index (χ1) is 16.3. The SMILES string of the molecule is CCOc1ncccc1C1(NC(=O)O)C(=O)N(S(=O)(=O)c2ccccc2)c2ccc(C#N)cc21. The van der Waals surface area contributed by atoms with Gasteiger partial charge >= 0.3 is 6.09 Å². The number of rotatable bonds is 6. The van der Waals surface area contributed by atoms with Crippen molar-refractivity contribution in [3.05, 3.63) is 83.6 Å². The number of hydrogen-bond acceptors (Lipinski definition) is 7. The molecule has 0 spiro atoms. The molecule has 11 heteroatoms. The summed E-state index contributed by atoms with van der Waals surface area (Å²) in [5.74, 6) is -1.16. The predicted octanol–water partition coefficient (Wildman–Crippen LogP) is 2.60. The van der Waals surface area contributed by atoms with E-state index in [0.717, 1.165) is 0 Å². The van der Waals surface area contributed by atoms with Gasteiger partial charge in [0.05, 0.1) is 34.4 Å². The fourth-order valence-electron chi connectivity index (χ4n) is 3.93. The number of carbonyl (C=O) groups excluding carboxylic acids is 1. The molecule has 2 amide bonds. The van der Waals surface area contributed by atoms with Crippen molar-refractivity contribution in [2.45, 2.75) is 17.4 Å². The molecule has 0 aliphatic carbocycles. The van der Waals surface area contributed by atoms with Crippen molar-refractivity contribution >= 4 is 27.7 Å². The second-order valence-corrected chi connectivity index (χ2v) is 8.99. The van der Waals surface area contributed by atoms with Crippen molar-refractivity contribution in [1.82, 2.24) is 10.3 Å². The highest BCUT2D eigenvalue weighted by Crippen LogP contribution is 2.49. The summed E-state index contributed by atoms with van der Waals surface area (Å²) in [6.07, 6.45) is -0.195. The average molecular weight is 478 g/mol. The van der Waals surface area contributed by atoms with Gasteiger partial charge in [0.15, 0.2) is 5.54 Å². The molecule has 34 heavy (non-hydrogen) atoms. The molecule has 1 aromatic heterocycles. The molecule has 1 aliphatic heterocycles. The molecular weight excluding hydrogens is 460 g/mol. The van der Waals surface area contributed by atoms with Crippen LogP contribution in [0.3, 0.4) is 0 Å². The van der Waals surface area contributed by atoms with Crippen LogP contribution in [0.25, 0.3) is 0 Å². The van der Waals surface area contributed by atoms with Gasteiger partial charge in [-0.05, 0) is 49.4 Å². The molecule has 0 saturated carbocycles. The number of hydrogen-bond donors (Lipinski definition) is 2. The number of carboxylic acid groups (broad SMARTS) is 1. The minimum absolute atomic E-state index is 0.00801. The normalized spacial score (nSPS) is 17.1. The molecule has 1 aliphatic rings. The van der Waals surface area contributed by atoms with Crippen molar-refractivity contribution in [2.75, 3.05) is 10.9 Å². The largest absolute Gasteiger partial charge is 0.478 e. The molecule has 172 valence electrons. The summed E-state index contributed by atoms with van der Waals surface area (Å²) < 4.78 is 33.3. The lowest BCUT2D eigenvalue weighted by Crippen LogP contribution is -2.54. The van der Waals surface area contributed by atoms with E-state index in [4.69, 9.17) is 4.74 Å². The first kappa shape index (κ1) is 22.8. The van der Waals surface area contributed by atoms with E-state index in [-0.39, 0.29) is 39.8 Å². The number of pyridine rings is 1. The van der Waals surface area contributed by atoms with Crippen molar-refractivity contribution in [1.29, 1.82) is 5.26 Å². The molecule has 0 radical (unpaired) electrons. The van der Waals surface area contributed by atoms with E-state index in [9.17, 15) is 28.4 Å². The number of aromatic nitrogens is 1. The first-order valence-corrected chi connectivity index (χ1v) is 11.5. The van der Waals surface area contributed by atoms with Crippen LogP contribution in [0.1, 0.15) is 23.6 Å². The van der Waals surface area contributed by atoms with Gasteiger partial charge in [0.1, 0.15) is 0 Å². The number of amides is 2. The van der Waals surface area contributed by atoms with E-state index in [1.54, 1.807) is 13.0 Å². The van der Waals surface area contributed by atoms with E-state index >= 15 is 0 Å². The zero-order valence-electron chi connectivity index (χ0n) is 17.8. The number of sulfonamides is 1. The number of carbonyl (C=O) groups is 2. The highest BCUT2D eigenvalue weighted by atomic mass is 32.2. The van der Waals surface area contributed by atoms with Gasteiger partial charge in [-0.3, -0.25) is 10.1 Å². The summed E-state index contributed by atoms with van der Waals surface area (Å²) in [6.45, 7) is 1.83. The van der Waals surface area contributed by atoms with E-state index in [0.29, 0.717) is 4.31 Å². The lowest BCUT2D eigenvalue weighted by atomic mass is 9.83. The maximum absolute atomic E-state index is 14.1. The number of fused-ring (bicyclic) bond motifs is 1. The second-order valence-electron chi connectivity index (χ2n) is 7.20. The summed E-state index contributed by atoms with van der Waals surface area (Å²) in [4.78, 5) is 30.0. The zero-order chi connectivity index (χ0) is 24.5. The number of benzene rings is 2. The minimum atomic E-state index is -4.45. The van der Waals surface area contributed by atoms with Gasteiger partial charge in [-0.25, -0.2) is 18.2 Å². The van der Waals surface area contributed by atoms with Crippen molar-refractivity contribution in [3.8, 4) is 11.9 Å². The third-order valence-corrected chi connectivity index (χ3v) is 7.00. The van der Waals surface area contributed by atoms with E-state index in [1.807, 2.05) is 6.07 Å². The van der Waals surface area contributed by atoms with Gasteiger partial charge in [0.25, 0.3) is 15.9 Å². The fourth-order valence-corrected chi connectivity index (χ4v) is 5.42. The Morgan fingerprint density at radius 2 is 1.91 bits per heavy atom. The van der Waals surface area contributed by atoms with Crippen molar-refractivity contribution < 1.29 is 27.9 Å². The van der Waals surface area contributed by atoms with E-state index in [2.05, 4.69) is 10.3 Å². The Labute approximate surface area is 195 Å². The monoisotopic (exact) mass is 478 g/mol. The smallest absolute Gasteiger partial charge is 0.406 e. The Morgan fingerprint density at radius 3 is 2.56 bits per heavy atom. The minimum Gasteiger partial charge on any atom is -0.478 e. The highest BCUT2D eigenvalue weighted by Gasteiger charge is 2.58. The quantitative estimate of drug-likeness (QED) is 0.549. The number of nitriles is 1. The van der Waals surface area contributed by atoms with Gasteiger partial charge in [0.2, 0.25) is 5.88 Å². The number of nitrogens with one attached hydrogen (secondary N) is 1. The third-order valence-electron chi connectivity index (χ3n) is 5.29. The summed E-state index contributed by atoms with van der Waals surface area (Å²) in [7, 11) is -4.45. The molecule has 0 saturated heterocycles. The van der Waals surface area contributed by atoms with Crippen LogP contribution in [0.5, 0.6) is 5.88 Å². The van der Waals surface area contributed by atoms with Gasteiger partial charge in [-0.1, -0.05) is 18.2 Å². The predicted molar refractivity (Wildman–Crippen MR) is 120 cm³/mol. The summed E-state index contributed by atoms with van der Waals surface area (Å²) in [6, 6.07) is 16.0. The van der Waals surface area contributed by atoms with Gasteiger partial charge < -0.3 is 9.84 Å². The Kier molecular flexibility index (Phi) is 5.68. The molecule has 4 rings (SSSR count). The topological polar surface area (TPSA) is 150 Å². The summed E-state index contributed by atoms with van der Waals surface area (Å²) in [5, 5.41) is 21.4. The van der Waals surface area contributed by atoms with Crippen LogP contribution in [0.2, 0.25) is 0 Å². The van der Waals surface area contributed by atoms with Crippen LogP contribution in [0.4, 0.5) is 10.5 Å². The van der Waals surface area contributed by atoms with Crippen LogP contribution < -0.4 is 14.4 Å².